The molecule has 1 atom stereocenters. The molecule has 2 rings (SSSR count). The van der Waals surface area contributed by atoms with E-state index in [1.165, 1.54) is 0 Å². The van der Waals surface area contributed by atoms with Gasteiger partial charge in [-0.05, 0) is 60.7 Å². The summed E-state index contributed by atoms with van der Waals surface area (Å²) in [7, 11) is 0. The maximum Gasteiger partial charge on any atom is 0.311 e. The van der Waals surface area contributed by atoms with Crippen molar-refractivity contribution in [1.29, 1.82) is 0 Å². The molecule has 0 fully saturated rings. The summed E-state index contributed by atoms with van der Waals surface area (Å²) in [6, 6.07) is 12.2. The average molecular weight is 314 g/mol. The average Bonchev–Trinajstić information content (AvgIpc) is 2.51. The summed E-state index contributed by atoms with van der Waals surface area (Å²) >= 11 is 0. The van der Waals surface area contributed by atoms with E-state index >= 15 is 0 Å². The molecule has 2 N–H and O–H groups in total. The Labute approximate surface area is 136 Å². The number of carbonyl (C=O) groups is 1. The Morgan fingerprint density at radius 2 is 2.00 bits per heavy atom. The number of carboxylic acids is 1. The number of hydrogen-bond donors (Lipinski definition) is 2. The summed E-state index contributed by atoms with van der Waals surface area (Å²) in [6.07, 6.45) is 1.26. The lowest BCUT2D eigenvalue weighted by Crippen LogP contribution is -2.15. The van der Waals surface area contributed by atoms with Crippen molar-refractivity contribution >= 4 is 5.97 Å². The van der Waals surface area contributed by atoms with Crippen LogP contribution < -0.4 is 4.74 Å². The summed E-state index contributed by atoms with van der Waals surface area (Å²) in [4.78, 5) is 11.7. The van der Waals surface area contributed by atoms with Crippen LogP contribution in [0.1, 0.15) is 36.0 Å². The van der Waals surface area contributed by atoms with E-state index in [1.54, 1.807) is 18.2 Å². The van der Waals surface area contributed by atoms with Crippen molar-refractivity contribution in [2.75, 3.05) is 6.61 Å². The fourth-order valence-corrected chi connectivity index (χ4v) is 2.60. The molecule has 2 aromatic rings. The summed E-state index contributed by atoms with van der Waals surface area (Å²) < 4.78 is 5.58. The third kappa shape index (κ3) is 4.49. The van der Waals surface area contributed by atoms with E-state index in [0.29, 0.717) is 13.0 Å². The molecule has 122 valence electrons. The smallest absolute Gasteiger partial charge is 0.311 e. The second-order valence-corrected chi connectivity index (χ2v) is 5.63. The van der Waals surface area contributed by atoms with Crippen LogP contribution in [0.4, 0.5) is 0 Å². The first-order valence-corrected chi connectivity index (χ1v) is 7.75. The van der Waals surface area contributed by atoms with Gasteiger partial charge in [0.25, 0.3) is 0 Å². The number of phenols is 1. The number of benzene rings is 2. The summed E-state index contributed by atoms with van der Waals surface area (Å²) in [5.74, 6) is -0.628. The van der Waals surface area contributed by atoms with Gasteiger partial charge in [0.05, 0.1) is 12.5 Å². The first kappa shape index (κ1) is 16.9. The Morgan fingerprint density at radius 1 is 1.22 bits per heavy atom. The number of ether oxygens (including phenoxy) is 1. The number of rotatable bonds is 7. The molecule has 0 aliphatic heterocycles. The summed E-state index contributed by atoms with van der Waals surface area (Å²) in [6.45, 7) is 4.58. The minimum absolute atomic E-state index is 0.145. The maximum atomic E-state index is 11.7. The van der Waals surface area contributed by atoms with Gasteiger partial charge in [-0.2, -0.15) is 0 Å². The molecule has 4 heteroatoms. The van der Waals surface area contributed by atoms with Crippen molar-refractivity contribution in [3.05, 3.63) is 59.2 Å². The minimum Gasteiger partial charge on any atom is -0.508 e. The fourth-order valence-electron chi connectivity index (χ4n) is 2.60. The van der Waals surface area contributed by atoms with Crippen LogP contribution in [0.5, 0.6) is 11.5 Å². The molecule has 0 amide bonds. The number of phenolic OH excluding ortho intramolecular Hbond substituents is 1. The normalized spacial score (nSPS) is 11.9. The molecule has 0 bridgehead atoms. The Balaban J connectivity index is 2.25. The first-order chi connectivity index (χ1) is 11.0. The van der Waals surface area contributed by atoms with Crippen LogP contribution in [-0.2, 0) is 11.2 Å². The molecule has 0 saturated carbocycles. The molecule has 0 aromatic heterocycles. The molecule has 0 aliphatic carbocycles. The Bertz CT molecular complexity index is 679. The molecule has 0 aliphatic rings. The fraction of sp³-hybridized carbons (Fsp3) is 0.316. The van der Waals surface area contributed by atoms with Gasteiger partial charge in [-0.25, -0.2) is 0 Å². The summed E-state index contributed by atoms with van der Waals surface area (Å²) in [5, 5.41) is 19.1. The third-order valence-corrected chi connectivity index (χ3v) is 3.74. The van der Waals surface area contributed by atoms with E-state index in [9.17, 15) is 15.0 Å². The highest BCUT2D eigenvalue weighted by atomic mass is 16.5. The van der Waals surface area contributed by atoms with Gasteiger partial charge in [0.15, 0.2) is 0 Å². The van der Waals surface area contributed by atoms with Crippen molar-refractivity contribution in [2.45, 2.75) is 32.6 Å². The second-order valence-electron chi connectivity index (χ2n) is 5.63. The zero-order valence-electron chi connectivity index (χ0n) is 13.5. The van der Waals surface area contributed by atoms with Crippen LogP contribution in [0, 0.1) is 6.92 Å². The zero-order chi connectivity index (χ0) is 16.8. The van der Waals surface area contributed by atoms with Crippen LogP contribution in [0.25, 0.3) is 0 Å². The Morgan fingerprint density at radius 3 is 2.61 bits per heavy atom. The molecule has 0 heterocycles. The van der Waals surface area contributed by atoms with Crippen LogP contribution in [0.3, 0.4) is 0 Å². The van der Waals surface area contributed by atoms with Gasteiger partial charge >= 0.3 is 5.97 Å². The maximum absolute atomic E-state index is 11.7. The topological polar surface area (TPSA) is 66.8 Å². The van der Waals surface area contributed by atoms with Crippen molar-refractivity contribution in [3.63, 3.8) is 0 Å². The van der Waals surface area contributed by atoms with Gasteiger partial charge in [-0.3, -0.25) is 4.79 Å². The van der Waals surface area contributed by atoms with E-state index in [4.69, 9.17) is 4.74 Å². The Kier molecular flexibility index (Phi) is 5.63. The van der Waals surface area contributed by atoms with Gasteiger partial charge in [-0.1, -0.05) is 25.1 Å². The quantitative estimate of drug-likeness (QED) is 0.813. The van der Waals surface area contributed by atoms with Crippen LogP contribution in [0.15, 0.2) is 42.5 Å². The Hall–Kier alpha value is -2.49. The van der Waals surface area contributed by atoms with Crippen molar-refractivity contribution in [2.24, 2.45) is 0 Å². The minimum atomic E-state index is -0.876. The highest BCUT2D eigenvalue weighted by molar-refractivity contribution is 5.77. The van der Waals surface area contributed by atoms with E-state index in [-0.39, 0.29) is 5.75 Å². The first-order valence-electron chi connectivity index (χ1n) is 7.75. The molecule has 2 aromatic carbocycles. The number of aryl methyl sites for hydroxylation is 1. The molecular weight excluding hydrogens is 292 g/mol. The highest BCUT2D eigenvalue weighted by Gasteiger charge is 2.22. The molecule has 4 nitrogen and oxygen atoms in total. The van der Waals surface area contributed by atoms with Crippen molar-refractivity contribution in [3.8, 4) is 11.5 Å². The molecule has 0 saturated heterocycles. The number of aromatic hydroxyl groups is 1. The largest absolute Gasteiger partial charge is 0.508 e. The van der Waals surface area contributed by atoms with E-state index < -0.39 is 11.9 Å². The van der Waals surface area contributed by atoms with Crippen molar-refractivity contribution < 1.29 is 19.7 Å². The summed E-state index contributed by atoms with van der Waals surface area (Å²) in [5.41, 5.74) is 2.46. The molecule has 0 spiro atoms. The number of carboxylic acid groups (broad SMARTS) is 1. The van der Waals surface area contributed by atoms with Crippen LogP contribution >= 0.6 is 0 Å². The lowest BCUT2D eigenvalue weighted by Gasteiger charge is -2.17. The number of hydrogen-bond acceptors (Lipinski definition) is 3. The third-order valence-electron chi connectivity index (χ3n) is 3.74. The van der Waals surface area contributed by atoms with Gasteiger partial charge in [0.1, 0.15) is 11.5 Å². The van der Waals surface area contributed by atoms with Crippen LogP contribution in [-0.4, -0.2) is 22.8 Å². The highest BCUT2D eigenvalue weighted by Crippen LogP contribution is 2.28. The predicted molar refractivity (Wildman–Crippen MR) is 89.2 cm³/mol. The van der Waals surface area contributed by atoms with E-state index in [1.807, 2.05) is 38.1 Å². The second kappa shape index (κ2) is 7.68. The SMILES string of the molecule is CCCOc1ccc(C(Cc2cccc(O)c2)C(=O)O)c(C)c1. The standard InChI is InChI=1S/C19H22O4/c1-3-9-23-16-7-8-17(13(2)10-16)18(19(21)22)12-14-5-4-6-15(20)11-14/h4-8,10-11,18,20H,3,9,12H2,1-2H3,(H,21,22). The number of aliphatic carboxylic acids is 1. The van der Waals surface area contributed by atoms with Gasteiger partial charge in [-0.15, -0.1) is 0 Å². The lowest BCUT2D eigenvalue weighted by molar-refractivity contribution is -0.138. The molecule has 0 radical (unpaired) electrons. The van der Waals surface area contributed by atoms with Crippen LogP contribution in [0.2, 0.25) is 0 Å². The van der Waals surface area contributed by atoms with Gasteiger partial charge in [0, 0.05) is 0 Å². The molecule has 1 unspecified atom stereocenters. The molecular formula is C19H22O4. The van der Waals surface area contributed by atoms with E-state index in [0.717, 1.165) is 28.9 Å². The lowest BCUT2D eigenvalue weighted by atomic mass is 9.89. The monoisotopic (exact) mass is 314 g/mol. The molecule has 23 heavy (non-hydrogen) atoms. The zero-order valence-corrected chi connectivity index (χ0v) is 13.5. The van der Waals surface area contributed by atoms with E-state index in [2.05, 4.69) is 0 Å². The predicted octanol–water partition coefficient (Wildman–Crippen LogP) is 3.90. The van der Waals surface area contributed by atoms with Gasteiger partial charge < -0.3 is 14.9 Å². The van der Waals surface area contributed by atoms with Gasteiger partial charge in [0.2, 0.25) is 0 Å². The van der Waals surface area contributed by atoms with Crippen molar-refractivity contribution in [1.82, 2.24) is 0 Å².